The van der Waals surface area contributed by atoms with E-state index in [1.54, 1.807) is 5.38 Å². The van der Waals surface area contributed by atoms with Gasteiger partial charge >= 0.3 is 5.97 Å². The van der Waals surface area contributed by atoms with Crippen molar-refractivity contribution in [2.24, 2.45) is 4.99 Å². The number of ether oxygens (including phenoxy) is 1. The van der Waals surface area contributed by atoms with Gasteiger partial charge in [-0.05, 0) is 23.8 Å². The van der Waals surface area contributed by atoms with Crippen molar-refractivity contribution >= 4 is 40.6 Å². The second-order valence-electron chi connectivity index (χ2n) is 1.74. The Morgan fingerprint density at radius 3 is 3.25 bits per heavy atom. The highest BCUT2D eigenvalue weighted by Crippen LogP contribution is 2.20. The van der Waals surface area contributed by atoms with Crippen LogP contribution < -0.4 is 0 Å². The van der Waals surface area contributed by atoms with Crippen LogP contribution in [0.15, 0.2) is 10.4 Å². The smallest absolute Gasteiger partial charge is 0.360 e. The van der Waals surface area contributed by atoms with Crippen molar-refractivity contribution in [3.05, 3.63) is 11.1 Å². The van der Waals surface area contributed by atoms with Gasteiger partial charge in [0.1, 0.15) is 5.69 Å². The first-order chi connectivity index (χ1) is 5.79. The summed E-state index contributed by atoms with van der Waals surface area (Å²) in [5.74, 6) is -0.514. The third kappa shape index (κ3) is 1.73. The number of nitrogens with zero attached hydrogens (tertiary/aromatic N) is 2. The van der Waals surface area contributed by atoms with Gasteiger partial charge in [-0.25, -0.2) is 4.79 Å². The van der Waals surface area contributed by atoms with Crippen LogP contribution in [0, 0.1) is 0 Å². The van der Waals surface area contributed by atoms with Crippen LogP contribution in [-0.2, 0) is 4.74 Å². The molecule has 1 heterocycles. The molecule has 0 amide bonds. The summed E-state index contributed by atoms with van der Waals surface area (Å²) < 4.78 is 8.26. The lowest BCUT2D eigenvalue weighted by Crippen LogP contribution is -2.00. The molecule has 1 aromatic rings. The number of hydrogen-bond acceptors (Lipinski definition) is 6. The van der Waals surface area contributed by atoms with E-state index in [-0.39, 0.29) is 5.69 Å². The van der Waals surface area contributed by atoms with Gasteiger partial charge in [0.15, 0.2) is 5.69 Å². The van der Waals surface area contributed by atoms with Crippen LogP contribution in [0.3, 0.4) is 0 Å². The quantitative estimate of drug-likeness (QED) is 0.414. The van der Waals surface area contributed by atoms with Gasteiger partial charge in [0.2, 0.25) is 0 Å². The van der Waals surface area contributed by atoms with Crippen molar-refractivity contribution in [2.45, 2.75) is 0 Å². The Balaban J connectivity index is 3.06. The normalized spacial score (nSPS) is 8.75. The van der Waals surface area contributed by atoms with Crippen molar-refractivity contribution in [1.82, 2.24) is 4.37 Å². The number of isothiocyanates is 1. The van der Waals surface area contributed by atoms with E-state index in [1.165, 1.54) is 7.11 Å². The summed E-state index contributed by atoms with van der Waals surface area (Å²) in [5, 5.41) is 3.76. The summed E-state index contributed by atoms with van der Waals surface area (Å²) in [7, 11) is 1.28. The fraction of sp³-hybridized carbons (Fsp3) is 0.167. The molecule has 0 radical (unpaired) electrons. The van der Waals surface area contributed by atoms with Gasteiger partial charge in [0.05, 0.1) is 12.3 Å². The molecule has 0 aliphatic heterocycles. The van der Waals surface area contributed by atoms with Crippen molar-refractivity contribution in [3.8, 4) is 0 Å². The minimum atomic E-state index is -0.514. The zero-order valence-electron chi connectivity index (χ0n) is 6.10. The molecule has 0 unspecified atom stereocenters. The molecule has 0 aliphatic rings. The predicted octanol–water partition coefficient (Wildman–Crippen LogP) is 1.66. The molecule has 12 heavy (non-hydrogen) atoms. The van der Waals surface area contributed by atoms with E-state index in [2.05, 4.69) is 31.5 Å². The zero-order chi connectivity index (χ0) is 8.97. The molecule has 0 saturated carbocycles. The Hall–Kier alpha value is -1.10. The first-order valence-electron chi connectivity index (χ1n) is 2.90. The Kier molecular flexibility index (Phi) is 3.04. The van der Waals surface area contributed by atoms with Crippen LogP contribution in [-0.4, -0.2) is 22.6 Å². The van der Waals surface area contributed by atoms with E-state index in [0.29, 0.717) is 5.69 Å². The van der Waals surface area contributed by atoms with Crippen LogP contribution in [0.25, 0.3) is 0 Å². The molecular formula is C6H4N2O2S2. The molecule has 4 nitrogen and oxygen atoms in total. The maximum Gasteiger partial charge on any atom is 0.360 e. The van der Waals surface area contributed by atoms with Gasteiger partial charge in [-0.2, -0.15) is 9.37 Å². The number of aromatic nitrogens is 1. The second kappa shape index (κ2) is 4.06. The highest BCUT2D eigenvalue weighted by atomic mass is 32.1. The molecular weight excluding hydrogens is 196 g/mol. The fourth-order valence-electron chi connectivity index (χ4n) is 0.599. The minimum absolute atomic E-state index is 0.180. The average Bonchev–Trinajstić information content (AvgIpc) is 2.52. The molecule has 0 spiro atoms. The molecule has 0 saturated heterocycles. The van der Waals surface area contributed by atoms with E-state index in [0.717, 1.165) is 11.5 Å². The Labute approximate surface area is 78.1 Å². The van der Waals surface area contributed by atoms with Crippen LogP contribution >= 0.6 is 23.8 Å². The van der Waals surface area contributed by atoms with E-state index >= 15 is 0 Å². The molecule has 0 atom stereocenters. The number of hydrogen-bond donors (Lipinski definition) is 0. The lowest BCUT2D eigenvalue weighted by Gasteiger charge is -1.92. The lowest BCUT2D eigenvalue weighted by molar-refractivity contribution is 0.0596. The number of thiocarbonyl (C=S) groups is 1. The largest absolute Gasteiger partial charge is 0.464 e. The summed E-state index contributed by atoms with van der Waals surface area (Å²) in [5.41, 5.74) is 0.585. The van der Waals surface area contributed by atoms with Gasteiger partial charge in [0.25, 0.3) is 0 Å². The number of aliphatic imine (C=N–C) groups is 1. The molecule has 0 aromatic carbocycles. The third-order valence-corrected chi connectivity index (χ3v) is 1.80. The minimum Gasteiger partial charge on any atom is -0.464 e. The summed E-state index contributed by atoms with van der Waals surface area (Å²) in [6, 6.07) is 0. The Bertz CT molecular complexity index is 341. The summed E-state index contributed by atoms with van der Waals surface area (Å²) in [4.78, 5) is 14.6. The van der Waals surface area contributed by atoms with Gasteiger partial charge in [-0.1, -0.05) is 0 Å². The molecule has 62 valence electrons. The maximum absolute atomic E-state index is 11.0. The van der Waals surface area contributed by atoms with E-state index in [1.807, 2.05) is 0 Å². The number of rotatable bonds is 2. The van der Waals surface area contributed by atoms with Crippen molar-refractivity contribution < 1.29 is 9.53 Å². The molecule has 6 heteroatoms. The number of esters is 1. The van der Waals surface area contributed by atoms with E-state index in [4.69, 9.17) is 0 Å². The Morgan fingerprint density at radius 1 is 1.92 bits per heavy atom. The number of carbonyl (C=O) groups is 1. The first-order valence-corrected chi connectivity index (χ1v) is 4.14. The first kappa shape index (κ1) is 8.99. The van der Waals surface area contributed by atoms with Gasteiger partial charge in [-0.3, -0.25) is 0 Å². The number of methoxy groups -OCH3 is 1. The summed E-state index contributed by atoms with van der Waals surface area (Å²) in [6.07, 6.45) is 0. The third-order valence-electron chi connectivity index (χ3n) is 1.10. The Morgan fingerprint density at radius 2 is 2.67 bits per heavy atom. The van der Waals surface area contributed by atoms with Crippen molar-refractivity contribution in [1.29, 1.82) is 0 Å². The molecule has 0 aliphatic carbocycles. The van der Waals surface area contributed by atoms with Gasteiger partial charge in [-0.15, -0.1) is 0 Å². The van der Waals surface area contributed by atoms with Crippen LogP contribution in [0.1, 0.15) is 10.5 Å². The van der Waals surface area contributed by atoms with Crippen molar-refractivity contribution in [3.63, 3.8) is 0 Å². The van der Waals surface area contributed by atoms with Crippen LogP contribution in [0.5, 0.6) is 0 Å². The van der Waals surface area contributed by atoms with Crippen LogP contribution in [0.2, 0.25) is 0 Å². The molecule has 1 aromatic heterocycles. The lowest BCUT2D eigenvalue weighted by atomic mass is 10.4. The zero-order valence-corrected chi connectivity index (χ0v) is 7.74. The average molecular weight is 200 g/mol. The SMILES string of the molecule is COC(=O)c1nscc1N=C=S. The topological polar surface area (TPSA) is 51.5 Å². The molecule has 0 N–H and O–H groups in total. The maximum atomic E-state index is 11.0. The summed E-state index contributed by atoms with van der Waals surface area (Å²) >= 11 is 5.51. The van der Waals surface area contributed by atoms with Gasteiger partial charge < -0.3 is 4.74 Å². The van der Waals surface area contributed by atoms with Crippen molar-refractivity contribution in [2.75, 3.05) is 7.11 Å². The van der Waals surface area contributed by atoms with Crippen LogP contribution in [0.4, 0.5) is 5.69 Å². The highest BCUT2D eigenvalue weighted by molar-refractivity contribution is 7.78. The van der Waals surface area contributed by atoms with E-state index < -0.39 is 5.97 Å². The van der Waals surface area contributed by atoms with E-state index in [9.17, 15) is 4.79 Å². The summed E-state index contributed by atoms with van der Waals surface area (Å²) in [6.45, 7) is 0. The molecule has 0 fully saturated rings. The predicted molar refractivity (Wildman–Crippen MR) is 48.1 cm³/mol. The monoisotopic (exact) mass is 200 g/mol. The second-order valence-corrected chi connectivity index (χ2v) is 2.55. The molecule has 1 rings (SSSR count). The fourth-order valence-corrected chi connectivity index (χ4v) is 1.29. The molecule has 0 bridgehead atoms. The number of carbonyl (C=O) groups excluding carboxylic acids is 1. The standard InChI is InChI=1S/C6H4N2O2S2/c1-10-6(9)5-4(7-3-11)2-12-8-5/h2H,1H3. The highest BCUT2D eigenvalue weighted by Gasteiger charge is 2.13. The van der Waals surface area contributed by atoms with Gasteiger partial charge in [0, 0.05) is 5.38 Å².